The lowest BCUT2D eigenvalue weighted by Crippen LogP contribution is -2.47. The van der Waals surface area contributed by atoms with Crippen LogP contribution in [-0.2, 0) is 11.2 Å². The first-order valence-corrected chi connectivity index (χ1v) is 11.6. The van der Waals surface area contributed by atoms with Crippen molar-refractivity contribution in [3.8, 4) is 0 Å². The van der Waals surface area contributed by atoms with Crippen molar-refractivity contribution >= 4 is 40.2 Å². The lowest BCUT2D eigenvalue weighted by atomic mass is 9.97. The molecule has 0 spiro atoms. The first-order chi connectivity index (χ1) is 14.0. The minimum absolute atomic E-state index is 0.0485. The van der Waals surface area contributed by atoms with Crippen LogP contribution in [0, 0.1) is 5.92 Å². The van der Waals surface area contributed by atoms with Gasteiger partial charge in [-0.2, -0.15) is 0 Å². The van der Waals surface area contributed by atoms with Crippen molar-refractivity contribution in [2.45, 2.75) is 30.0 Å². The fourth-order valence-corrected chi connectivity index (χ4v) is 5.02. The van der Waals surface area contributed by atoms with Gasteiger partial charge in [0.25, 0.3) is 0 Å². The third kappa shape index (κ3) is 6.43. The minimum atomic E-state index is -0.210. The maximum Gasteiger partial charge on any atom is 0.319 e. The number of hydrogen-bond donors (Lipinski definition) is 1. The van der Waals surface area contributed by atoms with Crippen molar-refractivity contribution in [3.63, 3.8) is 0 Å². The minimum Gasteiger partial charge on any atom is -0.331 e. The number of rotatable bonds is 7. The van der Waals surface area contributed by atoms with Crippen molar-refractivity contribution in [1.29, 1.82) is 0 Å². The fourth-order valence-electron chi connectivity index (χ4n) is 3.25. The van der Waals surface area contributed by atoms with E-state index >= 15 is 0 Å². The van der Waals surface area contributed by atoms with Crippen LogP contribution in [0.15, 0.2) is 34.7 Å². The van der Waals surface area contributed by atoms with E-state index in [4.69, 9.17) is 0 Å². The molecule has 1 aromatic heterocycles. The summed E-state index contributed by atoms with van der Waals surface area (Å²) in [6.45, 7) is 1.14. The Morgan fingerprint density at radius 1 is 1.28 bits per heavy atom. The van der Waals surface area contributed by atoms with Crippen molar-refractivity contribution in [2.75, 3.05) is 38.3 Å². The maximum atomic E-state index is 12.6. The van der Waals surface area contributed by atoms with Gasteiger partial charge in [-0.25, -0.2) is 4.79 Å². The van der Waals surface area contributed by atoms with E-state index in [-0.39, 0.29) is 17.9 Å². The van der Waals surface area contributed by atoms with Crippen LogP contribution in [0.25, 0.3) is 0 Å². The molecule has 156 valence electrons. The summed E-state index contributed by atoms with van der Waals surface area (Å²) in [5, 5.41) is 11.7. The number of thioether (sulfide) groups is 1. The van der Waals surface area contributed by atoms with E-state index in [0.717, 1.165) is 35.8 Å². The van der Waals surface area contributed by atoms with E-state index in [2.05, 4.69) is 39.8 Å². The molecule has 0 saturated carbocycles. The zero-order valence-corrected chi connectivity index (χ0v) is 18.5. The number of aryl methyl sites for hydroxylation is 1. The van der Waals surface area contributed by atoms with Crippen LogP contribution in [0.2, 0.25) is 0 Å². The van der Waals surface area contributed by atoms with Gasteiger partial charge in [-0.15, -0.1) is 10.2 Å². The van der Waals surface area contributed by atoms with Gasteiger partial charge < -0.3 is 15.1 Å². The summed E-state index contributed by atoms with van der Waals surface area (Å²) in [5.41, 5.74) is 1.34. The van der Waals surface area contributed by atoms with Crippen molar-refractivity contribution in [3.05, 3.63) is 35.9 Å². The molecule has 7 nitrogen and oxygen atoms in total. The second kappa shape index (κ2) is 10.6. The third-order valence-corrected chi connectivity index (χ3v) is 6.82. The molecule has 9 heteroatoms. The Balaban J connectivity index is 1.43. The summed E-state index contributed by atoms with van der Waals surface area (Å²) >= 11 is 3.07. The quantitative estimate of drug-likeness (QED) is 0.410. The van der Waals surface area contributed by atoms with Gasteiger partial charge in [0.05, 0.1) is 5.92 Å². The summed E-state index contributed by atoms with van der Waals surface area (Å²) in [6, 6.07) is 10.4. The van der Waals surface area contributed by atoms with Crippen LogP contribution < -0.4 is 5.32 Å². The summed E-state index contributed by atoms with van der Waals surface area (Å²) in [5.74, 6) is 0.665. The Morgan fingerprint density at radius 2 is 2.07 bits per heavy atom. The predicted octanol–water partition coefficient (Wildman–Crippen LogP) is 3.60. The van der Waals surface area contributed by atoms with Gasteiger partial charge in [0.15, 0.2) is 4.34 Å². The van der Waals surface area contributed by atoms with E-state index < -0.39 is 0 Å². The number of urea groups is 1. The molecule has 1 aromatic carbocycles. The molecule has 1 N–H and O–H groups in total. The SMILES string of the molecule is CN(C)C(=O)N1CCC[C@@H](C(=O)Nc2nnc(SCCCc3ccccc3)s2)C1. The number of aromatic nitrogens is 2. The predicted molar refractivity (Wildman–Crippen MR) is 117 cm³/mol. The largest absolute Gasteiger partial charge is 0.331 e. The number of hydrogen-bond acceptors (Lipinski definition) is 6. The van der Waals surface area contributed by atoms with E-state index in [9.17, 15) is 9.59 Å². The molecule has 1 aliphatic heterocycles. The van der Waals surface area contributed by atoms with Gasteiger partial charge >= 0.3 is 6.03 Å². The molecule has 2 heterocycles. The van der Waals surface area contributed by atoms with E-state index in [0.29, 0.717) is 18.2 Å². The van der Waals surface area contributed by atoms with Gasteiger partial charge in [-0.3, -0.25) is 4.79 Å². The average Bonchev–Trinajstić information content (AvgIpc) is 3.18. The lowest BCUT2D eigenvalue weighted by molar-refractivity contribution is -0.121. The topological polar surface area (TPSA) is 78.4 Å². The second-order valence-corrected chi connectivity index (χ2v) is 9.58. The van der Waals surface area contributed by atoms with E-state index in [1.54, 1.807) is 35.7 Å². The molecule has 2 aromatic rings. The van der Waals surface area contributed by atoms with Crippen LogP contribution in [0.3, 0.4) is 0 Å². The molecule has 1 atom stereocenters. The first kappa shape index (κ1) is 21.6. The van der Waals surface area contributed by atoms with Crippen LogP contribution in [0.1, 0.15) is 24.8 Å². The molecule has 0 radical (unpaired) electrons. The number of benzene rings is 1. The number of likely N-dealkylation sites (tertiary alicyclic amines) is 1. The zero-order valence-electron chi connectivity index (χ0n) is 16.8. The molecule has 1 aliphatic rings. The monoisotopic (exact) mass is 433 g/mol. The Morgan fingerprint density at radius 3 is 2.83 bits per heavy atom. The van der Waals surface area contributed by atoms with Gasteiger partial charge in [-0.05, 0) is 31.2 Å². The Kier molecular flexibility index (Phi) is 7.88. The molecule has 1 fully saturated rings. The number of anilines is 1. The number of nitrogens with zero attached hydrogens (tertiary/aromatic N) is 4. The molecule has 0 unspecified atom stereocenters. The molecular weight excluding hydrogens is 406 g/mol. The molecule has 1 saturated heterocycles. The number of piperidine rings is 1. The second-order valence-electron chi connectivity index (χ2n) is 7.26. The number of amides is 3. The van der Waals surface area contributed by atoms with E-state index in [1.165, 1.54) is 16.9 Å². The van der Waals surface area contributed by atoms with Crippen molar-refractivity contribution in [1.82, 2.24) is 20.0 Å². The van der Waals surface area contributed by atoms with Gasteiger partial charge in [0.2, 0.25) is 11.0 Å². The van der Waals surface area contributed by atoms with Crippen LogP contribution in [0.4, 0.5) is 9.93 Å². The molecule has 3 rings (SSSR count). The molecule has 0 bridgehead atoms. The highest BCUT2D eigenvalue weighted by molar-refractivity contribution is 8.01. The van der Waals surface area contributed by atoms with Gasteiger partial charge in [-0.1, -0.05) is 53.4 Å². The number of carbonyl (C=O) groups is 2. The number of carbonyl (C=O) groups excluding carboxylic acids is 2. The smallest absolute Gasteiger partial charge is 0.319 e. The van der Waals surface area contributed by atoms with E-state index in [1.807, 2.05) is 6.07 Å². The molecular formula is C20H27N5O2S2. The molecule has 29 heavy (non-hydrogen) atoms. The summed E-state index contributed by atoms with van der Waals surface area (Å²) in [7, 11) is 3.46. The van der Waals surface area contributed by atoms with Crippen LogP contribution in [-0.4, -0.2) is 64.9 Å². The highest BCUT2D eigenvalue weighted by Gasteiger charge is 2.29. The Labute approximate surface area is 179 Å². The summed E-state index contributed by atoms with van der Waals surface area (Å²) in [6.07, 6.45) is 3.72. The third-order valence-electron chi connectivity index (χ3n) is 4.76. The Hall–Kier alpha value is -2.13. The Bertz CT molecular complexity index is 812. The van der Waals surface area contributed by atoms with Crippen LogP contribution in [0.5, 0.6) is 0 Å². The number of nitrogens with one attached hydrogen (secondary N) is 1. The lowest BCUT2D eigenvalue weighted by Gasteiger charge is -2.33. The molecule has 0 aliphatic carbocycles. The standard InChI is InChI=1S/C20H27N5O2S2/c1-24(2)20(27)25-12-6-11-16(14-25)17(26)21-18-22-23-19(29-18)28-13-7-10-15-8-4-3-5-9-15/h3-5,8-9,16H,6-7,10-14H2,1-2H3,(H,21,22,26)/t16-/m1/s1. The maximum absolute atomic E-state index is 12.6. The average molecular weight is 434 g/mol. The summed E-state index contributed by atoms with van der Waals surface area (Å²) in [4.78, 5) is 28.0. The highest BCUT2D eigenvalue weighted by Crippen LogP contribution is 2.27. The van der Waals surface area contributed by atoms with Crippen LogP contribution >= 0.6 is 23.1 Å². The van der Waals surface area contributed by atoms with Gasteiger partial charge in [0, 0.05) is 32.9 Å². The van der Waals surface area contributed by atoms with Gasteiger partial charge in [0.1, 0.15) is 0 Å². The normalized spacial score (nSPS) is 16.5. The summed E-state index contributed by atoms with van der Waals surface area (Å²) < 4.78 is 0.862. The van der Waals surface area contributed by atoms with Crippen molar-refractivity contribution in [2.24, 2.45) is 5.92 Å². The highest BCUT2D eigenvalue weighted by atomic mass is 32.2. The zero-order chi connectivity index (χ0) is 20.6. The fraction of sp³-hybridized carbons (Fsp3) is 0.500. The molecule has 3 amide bonds. The first-order valence-electron chi connectivity index (χ1n) is 9.80. The van der Waals surface area contributed by atoms with Crippen molar-refractivity contribution < 1.29 is 9.59 Å².